The molecule has 0 bridgehead atoms. The number of pyridine rings is 1. The van der Waals surface area contributed by atoms with E-state index in [0.717, 1.165) is 19.6 Å². The smallest absolute Gasteiger partial charge is 0.227 e. The lowest BCUT2D eigenvalue weighted by molar-refractivity contribution is 0.190. The normalized spacial score (nSPS) is 17.8. The Hall–Kier alpha value is -2.36. The monoisotopic (exact) mass is 377 g/mol. The van der Waals surface area contributed by atoms with Gasteiger partial charge >= 0.3 is 0 Å². The summed E-state index contributed by atoms with van der Waals surface area (Å²) in [6, 6.07) is 5.71. The third-order valence-electron chi connectivity index (χ3n) is 4.21. The van der Waals surface area contributed by atoms with E-state index in [9.17, 15) is 0 Å². The Balaban J connectivity index is 0.00000196. The van der Waals surface area contributed by atoms with Gasteiger partial charge in [0.15, 0.2) is 5.82 Å². The third-order valence-corrected chi connectivity index (χ3v) is 4.21. The van der Waals surface area contributed by atoms with Crippen molar-refractivity contribution in [3.63, 3.8) is 0 Å². The van der Waals surface area contributed by atoms with Crippen LogP contribution in [0.5, 0.6) is 0 Å². The average molecular weight is 378 g/mol. The van der Waals surface area contributed by atoms with Gasteiger partial charge in [-0.15, -0.1) is 12.4 Å². The zero-order valence-corrected chi connectivity index (χ0v) is 15.1. The van der Waals surface area contributed by atoms with Crippen molar-refractivity contribution in [2.75, 3.05) is 26.7 Å². The Labute approximate surface area is 156 Å². The highest BCUT2D eigenvalue weighted by molar-refractivity contribution is 5.85. The molecular weight excluding hydrogens is 358 g/mol. The predicted octanol–water partition coefficient (Wildman–Crippen LogP) is 1.30. The molecule has 0 saturated carbocycles. The highest BCUT2D eigenvalue weighted by atomic mass is 35.5. The van der Waals surface area contributed by atoms with Crippen LogP contribution in [0.2, 0.25) is 0 Å². The average Bonchev–Trinajstić information content (AvgIpc) is 3.31. The summed E-state index contributed by atoms with van der Waals surface area (Å²) in [5, 5.41) is 11.4. The van der Waals surface area contributed by atoms with E-state index < -0.39 is 0 Å². The number of aryl methyl sites for hydroxylation is 2. The molecule has 1 unspecified atom stereocenters. The third kappa shape index (κ3) is 4.06. The Kier molecular flexibility index (Phi) is 5.92. The van der Waals surface area contributed by atoms with Gasteiger partial charge in [0.25, 0.3) is 0 Å². The lowest BCUT2D eigenvalue weighted by atomic mass is 10.2. The number of likely N-dealkylation sites (N-methyl/N-ethyl adjacent to an activating group) is 1. The molecule has 1 fully saturated rings. The van der Waals surface area contributed by atoms with Crippen LogP contribution in [-0.2, 0) is 12.8 Å². The Morgan fingerprint density at radius 3 is 2.73 bits per heavy atom. The second-order valence-electron chi connectivity index (χ2n) is 5.97. The molecule has 0 aliphatic carbocycles. The maximum atomic E-state index is 5.36. The molecule has 138 valence electrons. The fraction of sp³-hybridized carbons (Fsp3) is 0.438. The van der Waals surface area contributed by atoms with Crippen molar-refractivity contribution in [2.45, 2.75) is 18.9 Å². The van der Waals surface area contributed by atoms with E-state index in [-0.39, 0.29) is 18.4 Å². The summed E-state index contributed by atoms with van der Waals surface area (Å²) in [5.74, 6) is 2.30. The first kappa shape index (κ1) is 18.4. The van der Waals surface area contributed by atoms with Gasteiger partial charge in [0.2, 0.25) is 17.6 Å². The van der Waals surface area contributed by atoms with Crippen LogP contribution in [0.1, 0.15) is 23.6 Å². The Morgan fingerprint density at radius 2 is 1.96 bits per heavy atom. The van der Waals surface area contributed by atoms with Crippen molar-refractivity contribution < 1.29 is 9.05 Å². The van der Waals surface area contributed by atoms with Gasteiger partial charge in [-0.05, 0) is 19.2 Å². The van der Waals surface area contributed by atoms with E-state index in [0.29, 0.717) is 42.0 Å². The summed E-state index contributed by atoms with van der Waals surface area (Å²) in [4.78, 5) is 15.3. The molecule has 26 heavy (non-hydrogen) atoms. The second kappa shape index (κ2) is 8.35. The van der Waals surface area contributed by atoms with Crippen molar-refractivity contribution in [3.05, 3.63) is 42.0 Å². The number of nitrogens with one attached hydrogen (secondary N) is 1. The summed E-state index contributed by atoms with van der Waals surface area (Å²) in [7, 11) is 2.07. The molecule has 0 spiro atoms. The molecular formula is C16H20ClN7O2. The van der Waals surface area contributed by atoms with Gasteiger partial charge < -0.3 is 14.4 Å². The number of nitrogens with zero attached hydrogens (tertiary/aromatic N) is 6. The largest absolute Gasteiger partial charge is 0.339 e. The standard InChI is InChI=1S/C16H19N7O2.ClH/c1-23-9-8-17-10-12(23)16-20-14(25-22-16)6-5-13-19-15(21-24-13)11-4-2-3-7-18-11;/h2-4,7,12,17H,5-6,8-10H2,1H3;1H. The molecule has 1 N–H and O–H groups in total. The predicted molar refractivity (Wildman–Crippen MR) is 94.7 cm³/mol. The summed E-state index contributed by atoms with van der Waals surface area (Å²) < 4.78 is 10.6. The van der Waals surface area contributed by atoms with Gasteiger partial charge in [-0.25, -0.2) is 0 Å². The molecule has 1 aliphatic heterocycles. The lowest BCUT2D eigenvalue weighted by Crippen LogP contribution is -2.44. The Morgan fingerprint density at radius 1 is 1.15 bits per heavy atom. The number of hydrogen-bond donors (Lipinski definition) is 1. The molecule has 1 aliphatic rings. The van der Waals surface area contributed by atoms with Crippen LogP contribution in [0.15, 0.2) is 33.4 Å². The summed E-state index contributed by atoms with van der Waals surface area (Å²) in [5.41, 5.74) is 0.686. The van der Waals surface area contributed by atoms with Crippen molar-refractivity contribution >= 4 is 12.4 Å². The second-order valence-corrected chi connectivity index (χ2v) is 5.97. The van der Waals surface area contributed by atoms with E-state index in [1.165, 1.54) is 0 Å². The minimum absolute atomic E-state index is 0. The summed E-state index contributed by atoms with van der Waals surface area (Å²) in [6.07, 6.45) is 2.80. The first-order chi connectivity index (χ1) is 12.3. The lowest BCUT2D eigenvalue weighted by Gasteiger charge is -2.30. The molecule has 3 aromatic heterocycles. The molecule has 3 aromatic rings. The number of hydrogen-bond acceptors (Lipinski definition) is 9. The number of halogens is 1. The minimum atomic E-state index is 0. The van der Waals surface area contributed by atoms with E-state index in [1.807, 2.05) is 18.2 Å². The highest BCUT2D eigenvalue weighted by Crippen LogP contribution is 2.18. The van der Waals surface area contributed by atoms with Gasteiger partial charge in [0.05, 0.1) is 6.04 Å². The molecule has 1 saturated heterocycles. The zero-order chi connectivity index (χ0) is 17.1. The van der Waals surface area contributed by atoms with Gasteiger partial charge in [0.1, 0.15) is 5.69 Å². The van der Waals surface area contributed by atoms with Crippen LogP contribution in [0.25, 0.3) is 11.5 Å². The SMILES string of the molecule is CN1CCNCC1c1noc(CCc2nc(-c3ccccn3)no2)n1.Cl. The number of piperazine rings is 1. The van der Waals surface area contributed by atoms with Gasteiger partial charge in [-0.1, -0.05) is 16.4 Å². The van der Waals surface area contributed by atoms with Crippen LogP contribution in [0, 0.1) is 0 Å². The van der Waals surface area contributed by atoms with Crippen molar-refractivity contribution in [1.82, 2.24) is 35.5 Å². The number of rotatable bonds is 5. The fourth-order valence-electron chi connectivity index (χ4n) is 2.77. The first-order valence-corrected chi connectivity index (χ1v) is 8.27. The maximum Gasteiger partial charge on any atom is 0.227 e. The van der Waals surface area contributed by atoms with Crippen LogP contribution >= 0.6 is 12.4 Å². The van der Waals surface area contributed by atoms with Gasteiger partial charge in [-0.2, -0.15) is 9.97 Å². The molecule has 4 rings (SSSR count). The number of aromatic nitrogens is 5. The van der Waals surface area contributed by atoms with Crippen LogP contribution in [-0.4, -0.2) is 56.8 Å². The van der Waals surface area contributed by atoms with Crippen LogP contribution in [0.4, 0.5) is 0 Å². The molecule has 1 atom stereocenters. The molecule has 10 heteroatoms. The molecule has 0 aromatic carbocycles. The van der Waals surface area contributed by atoms with E-state index in [4.69, 9.17) is 9.05 Å². The summed E-state index contributed by atoms with van der Waals surface area (Å²) in [6.45, 7) is 2.77. The summed E-state index contributed by atoms with van der Waals surface area (Å²) >= 11 is 0. The highest BCUT2D eigenvalue weighted by Gasteiger charge is 2.25. The van der Waals surface area contributed by atoms with Crippen molar-refractivity contribution in [2.24, 2.45) is 0 Å². The van der Waals surface area contributed by atoms with Crippen LogP contribution in [0.3, 0.4) is 0 Å². The Bertz CT molecular complexity index is 823. The molecule has 9 nitrogen and oxygen atoms in total. The maximum absolute atomic E-state index is 5.36. The van der Waals surface area contributed by atoms with E-state index in [1.54, 1.807) is 6.20 Å². The van der Waals surface area contributed by atoms with Gasteiger partial charge in [-0.3, -0.25) is 9.88 Å². The van der Waals surface area contributed by atoms with E-state index >= 15 is 0 Å². The van der Waals surface area contributed by atoms with Crippen LogP contribution < -0.4 is 5.32 Å². The molecule has 4 heterocycles. The quantitative estimate of drug-likeness (QED) is 0.703. The zero-order valence-electron chi connectivity index (χ0n) is 14.3. The van der Waals surface area contributed by atoms with Crippen molar-refractivity contribution in [3.8, 4) is 11.5 Å². The molecule has 0 radical (unpaired) electrons. The minimum Gasteiger partial charge on any atom is -0.339 e. The van der Waals surface area contributed by atoms with Crippen molar-refractivity contribution in [1.29, 1.82) is 0 Å². The fourth-order valence-corrected chi connectivity index (χ4v) is 2.77. The van der Waals surface area contributed by atoms with Gasteiger partial charge in [0, 0.05) is 38.7 Å². The van der Waals surface area contributed by atoms with E-state index in [2.05, 4.69) is 42.5 Å². The topological polar surface area (TPSA) is 106 Å². The molecule has 0 amide bonds. The first-order valence-electron chi connectivity index (χ1n) is 8.27.